The Kier molecular flexibility index (Phi) is 5.17. The van der Waals surface area contributed by atoms with Gasteiger partial charge in [-0.2, -0.15) is 0 Å². The Morgan fingerprint density at radius 1 is 1.14 bits per heavy atom. The maximum atomic E-state index is 12.2. The van der Waals surface area contributed by atoms with Crippen LogP contribution in [0.1, 0.15) is 32.1 Å². The Morgan fingerprint density at radius 3 is 2.29 bits per heavy atom. The molecule has 1 aromatic heterocycles. The average molecular weight is 311 g/mol. The maximum absolute atomic E-state index is 12.2. The van der Waals surface area contributed by atoms with Crippen LogP contribution in [0.5, 0.6) is 0 Å². The minimum atomic E-state index is -3.31. The zero-order valence-corrected chi connectivity index (χ0v) is 13.0. The summed E-state index contributed by atoms with van der Waals surface area (Å²) in [4.78, 5) is 17.9. The van der Waals surface area contributed by atoms with Crippen molar-refractivity contribution in [1.29, 1.82) is 0 Å². The molecule has 1 N–H and O–H groups in total. The summed E-state index contributed by atoms with van der Waals surface area (Å²) < 4.78 is 22.7. The van der Waals surface area contributed by atoms with Gasteiger partial charge in [0.2, 0.25) is 0 Å². The van der Waals surface area contributed by atoms with Gasteiger partial charge in [-0.05, 0) is 25.0 Å². The largest absolute Gasteiger partial charge is 0.325 e. The molecule has 7 heteroatoms. The Bertz CT molecular complexity index is 576. The number of nitrogens with one attached hydrogen (secondary N) is 1. The zero-order chi connectivity index (χ0) is 15.3. The number of carbonyl (C=O) groups excluding carboxylic acids is 1. The Morgan fingerprint density at radius 2 is 1.76 bits per heavy atom. The summed E-state index contributed by atoms with van der Waals surface area (Å²) in [6, 6.07) is 2.81. The van der Waals surface area contributed by atoms with Crippen LogP contribution >= 0.6 is 0 Å². The highest BCUT2D eigenvalue weighted by molar-refractivity contribution is 7.90. The monoisotopic (exact) mass is 311 g/mol. The normalized spacial score (nSPS) is 16.9. The molecule has 1 aliphatic heterocycles. The second kappa shape index (κ2) is 6.89. The van der Waals surface area contributed by atoms with E-state index in [9.17, 15) is 13.2 Å². The second-order valence-electron chi connectivity index (χ2n) is 5.34. The van der Waals surface area contributed by atoms with Crippen molar-refractivity contribution in [3.05, 3.63) is 18.3 Å². The number of anilines is 1. The van der Waals surface area contributed by atoms with E-state index >= 15 is 0 Å². The molecule has 116 valence electrons. The third-order valence-corrected chi connectivity index (χ3v) is 4.51. The molecule has 1 aromatic rings. The van der Waals surface area contributed by atoms with Crippen LogP contribution in [0, 0.1) is 0 Å². The molecule has 1 saturated heterocycles. The first-order valence-electron chi connectivity index (χ1n) is 7.19. The summed E-state index contributed by atoms with van der Waals surface area (Å²) >= 11 is 0. The first-order valence-corrected chi connectivity index (χ1v) is 9.08. The third kappa shape index (κ3) is 4.70. The molecular formula is C14H21N3O3S. The minimum Gasteiger partial charge on any atom is -0.325 e. The number of aromatic nitrogens is 1. The van der Waals surface area contributed by atoms with Crippen LogP contribution < -0.4 is 5.32 Å². The van der Waals surface area contributed by atoms with Crippen LogP contribution in [-0.2, 0) is 9.84 Å². The van der Waals surface area contributed by atoms with Gasteiger partial charge in [0.15, 0.2) is 14.9 Å². The molecule has 0 spiro atoms. The van der Waals surface area contributed by atoms with Crippen molar-refractivity contribution in [3.8, 4) is 0 Å². The molecule has 6 nitrogen and oxygen atoms in total. The highest BCUT2D eigenvalue weighted by atomic mass is 32.2. The number of carbonyl (C=O) groups is 1. The van der Waals surface area contributed by atoms with Gasteiger partial charge in [0, 0.05) is 19.3 Å². The summed E-state index contributed by atoms with van der Waals surface area (Å²) in [7, 11) is -3.31. The Labute approximate surface area is 125 Å². The summed E-state index contributed by atoms with van der Waals surface area (Å²) in [5.41, 5.74) is 0.509. The number of hydrogen-bond acceptors (Lipinski definition) is 4. The summed E-state index contributed by atoms with van der Waals surface area (Å²) in [5.74, 6) is 0. The highest BCUT2D eigenvalue weighted by Gasteiger charge is 2.15. The first-order chi connectivity index (χ1) is 9.97. The lowest BCUT2D eigenvalue weighted by Crippen LogP contribution is -2.37. The highest BCUT2D eigenvalue weighted by Crippen LogP contribution is 2.14. The average Bonchev–Trinajstić information content (AvgIpc) is 2.37. The van der Waals surface area contributed by atoms with Gasteiger partial charge in [-0.1, -0.05) is 19.3 Å². The van der Waals surface area contributed by atoms with Gasteiger partial charge in [-0.3, -0.25) is 0 Å². The fourth-order valence-electron chi connectivity index (χ4n) is 2.33. The van der Waals surface area contributed by atoms with Gasteiger partial charge >= 0.3 is 6.03 Å². The van der Waals surface area contributed by atoms with Gasteiger partial charge in [0.25, 0.3) is 0 Å². The van der Waals surface area contributed by atoms with Crippen LogP contribution in [0.3, 0.4) is 0 Å². The van der Waals surface area contributed by atoms with Gasteiger partial charge in [0.1, 0.15) is 0 Å². The number of pyridine rings is 1. The van der Waals surface area contributed by atoms with Gasteiger partial charge in [-0.15, -0.1) is 0 Å². The summed E-state index contributed by atoms with van der Waals surface area (Å²) in [6.45, 7) is 1.53. The van der Waals surface area contributed by atoms with Crippen LogP contribution in [0.25, 0.3) is 0 Å². The van der Waals surface area contributed by atoms with Crippen LogP contribution in [0.4, 0.5) is 10.5 Å². The molecule has 1 fully saturated rings. The molecule has 2 rings (SSSR count). The predicted molar refractivity (Wildman–Crippen MR) is 81.0 cm³/mol. The lowest BCUT2D eigenvalue weighted by molar-refractivity contribution is 0.206. The number of likely N-dealkylation sites (tertiary alicyclic amines) is 1. The number of sulfone groups is 1. The molecule has 0 atom stereocenters. The van der Waals surface area contributed by atoms with Crippen LogP contribution in [0.2, 0.25) is 0 Å². The molecule has 21 heavy (non-hydrogen) atoms. The van der Waals surface area contributed by atoms with E-state index in [2.05, 4.69) is 10.3 Å². The smallest absolute Gasteiger partial charge is 0.321 e. The molecule has 0 aromatic carbocycles. The van der Waals surface area contributed by atoms with E-state index < -0.39 is 9.84 Å². The van der Waals surface area contributed by atoms with Crippen molar-refractivity contribution in [3.63, 3.8) is 0 Å². The number of urea groups is 1. The standard InChI is InChI=1S/C14H21N3O3S/c1-21(19,20)13-8-7-12(11-15-13)16-14(18)17-9-5-3-2-4-6-10-17/h7-8,11H,2-6,9-10H2,1H3,(H,16,18). The molecule has 0 saturated carbocycles. The molecule has 2 amide bonds. The number of amides is 2. The molecule has 1 aliphatic rings. The fourth-order valence-corrected chi connectivity index (χ4v) is 2.89. The van der Waals surface area contributed by atoms with E-state index in [0.717, 1.165) is 45.0 Å². The molecule has 0 bridgehead atoms. The zero-order valence-electron chi connectivity index (χ0n) is 12.2. The van der Waals surface area contributed by atoms with E-state index in [1.54, 1.807) is 6.07 Å². The minimum absolute atomic E-state index is 0.00626. The summed E-state index contributed by atoms with van der Waals surface area (Å²) in [5, 5.41) is 2.77. The van der Waals surface area contributed by atoms with Crippen LogP contribution in [0.15, 0.2) is 23.4 Å². The molecular weight excluding hydrogens is 290 g/mol. The van der Waals surface area contributed by atoms with Crippen molar-refractivity contribution in [1.82, 2.24) is 9.88 Å². The van der Waals surface area contributed by atoms with Crippen molar-refractivity contribution in [2.24, 2.45) is 0 Å². The topological polar surface area (TPSA) is 79.4 Å². The van der Waals surface area contributed by atoms with E-state index in [1.807, 2.05) is 4.90 Å². The summed E-state index contributed by atoms with van der Waals surface area (Å²) in [6.07, 6.45) is 8.10. The van der Waals surface area contributed by atoms with Gasteiger partial charge in [0.05, 0.1) is 11.9 Å². The van der Waals surface area contributed by atoms with Crippen molar-refractivity contribution in [2.75, 3.05) is 24.7 Å². The SMILES string of the molecule is CS(=O)(=O)c1ccc(NC(=O)N2CCCCCCC2)cn1. The van der Waals surface area contributed by atoms with Crippen molar-refractivity contribution < 1.29 is 13.2 Å². The molecule has 0 aliphatic carbocycles. The van der Waals surface area contributed by atoms with Crippen molar-refractivity contribution >= 4 is 21.6 Å². The first kappa shape index (κ1) is 15.8. The number of hydrogen-bond donors (Lipinski definition) is 1. The Hall–Kier alpha value is -1.63. The lowest BCUT2D eigenvalue weighted by Gasteiger charge is -2.24. The van der Waals surface area contributed by atoms with Crippen molar-refractivity contribution in [2.45, 2.75) is 37.1 Å². The molecule has 0 unspecified atom stereocenters. The number of nitrogens with zero attached hydrogens (tertiary/aromatic N) is 2. The quantitative estimate of drug-likeness (QED) is 0.908. The van der Waals surface area contributed by atoms with E-state index in [4.69, 9.17) is 0 Å². The van der Waals surface area contributed by atoms with Gasteiger partial charge < -0.3 is 10.2 Å². The lowest BCUT2D eigenvalue weighted by atomic mass is 10.1. The predicted octanol–water partition coefficient (Wildman–Crippen LogP) is 2.28. The third-order valence-electron chi connectivity index (χ3n) is 3.51. The number of rotatable bonds is 2. The second-order valence-corrected chi connectivity index (χ2v) is 7.30. The molecule has 2 heterocycles. The maximum Gasteiger partial charge on any atom is 0.321 e. The Balaban J connectivity index is 1.98. The van der Waals surface area contributed by atoms with E-state index in [-0.39, 0.29) is 11.1 Å². The molecule has 0 radical (unpaired) electrons. The van der Waals surface area contributed by atoms with E-state index in [0.29, 0.717) is 5.69 Å². The van der Waals surface area contributed by atoms with E-state index in [1.165, 1.54) is 18.7 Å². The van der Waals surface area contributed by atoms with Crippen LogP contribution in [-0.4, -0.2) is 43.7 Å². The van der Waals surface area contributed by atoms with Gasteiger partial charge in [-0.25, -0.2) is 18.2 Å². The fraction of sp³-hybridized carbons (Fsp3) is 0.571.